The normalized spacial score (nSPS) is 14.5. The number of aryl methyl sites for hydroxylation is 1. The lowest BCUT2D eigenvalue weighted by Crippen LogP contribution is -1.95. The molecule has 2 rings (SSSR count). The zero-order valence-electron chi connectivity index (χ0n) is 9.88. The van der Waals surface area contributed by atoms with Crippen LogP contribution in [0, 0.1) is 0 Å². The number of benzene rings is 2. The van der Waals surface area contributed by atoms with Crippen LogP contribution in [0.4, 0.5) is 0 Å². The van der Waals surface area contributed by atoms with E-state index in [9.17, 15) is 9.46 Å². The van der Waals surface area contributed by atoms with E-state index < -0.39 is 7.60 Å². The first-order valence-electron chi connectivity index (χ1n) is 5.52. The Labute approximate surface area is 101 Å². The highest BCUT2D eigenvalue weighted by Crippen LogP contribution is 2.41. The third kappa shape index (κ3) is 2.68. The van der Waals surface area contributed by atoms with Crippen LogP contribution in [-0.2, 0) is 11.0 Å². The fraction of sp³-hybridized carbons (Fsp3) is 0.231. The van der Waals surface area contributed by atoms with Crippen LogP contribution in [0.25, 0.3) is 10.8 Å². The van der Waals surface area contributed by atoms with Crippen molar-refractivity contribution in [1.29, 1.82) is 0 Å². The van der Waals surface area contributed by atoms with Gasteiger partial charge in [-0.1, -0.05) is 37.3 Å². The first-order chi connectivity index (χ1) is 8.01. The van der Waals surface area contributed by atoms with Crippen molar-refractivity contribution in [3.8, 4) is 5.75 Å². The third-order valence-corrected chi connectivity index (χ3v) is 3.15. The second-order valence-electron chi connectivity index (χ2n) is 4.01. The molecule has 4 heteroatoms. The predicted molar refractivity (Wildman–Crippen MR) is 69.7 cm³/mol. The summed E-state index contributed by atoms with van der Waals surface area (Å²) in [6.45, 7) is 3.20. The minimum absolute atomic E-state index is 0.500. The fourth-order valence-electron chi connectivity index (χ4n) is 1.95. The molecule has 1 N–H and O–H groups in total. The monoisotopic (exact) mass is 250 g/mol. The van der Waals surface area contributed by atoms with Crippen LogP contribution in [0.15, 0.2) is 36.4 Å². The van der Waals surface area contributed by atoms with Crippen molar-refractivity contribution in [2.75, 3.05) is 6.66 Å². The van der Waals surface area contributed by atoms with Crippen LogP contribution in [0.3, 0.4) is 0 Å². The Hall–Kier alpha value is -1.31. The summed E-state index contributed by atoms with van der Waals surface area (Å²) in [5.74, 6) is 0.500. The van der Waals surface area contributed by atoms with Gasteiger partial charge in [0.1, 0.15) is 5.75 Å². The van der Waals surface area contributed by atoms with Crippen molar-refractivity contribution in [3.63, 3.8) is 0 Å². The minimum Gasteiger partial charge on any atom is -0.424 e. The van der Waals surface area contributed by atoms with Gasteiger partial charge in [-0.2, -0.15) is 0 Å². The molecule has 0 saturated carbocycles. The van der Waals surface area contributed by atoms with Crippen LogP contribution in [0.2, 0.25) is 0 Å². The molecule has 17 heavy (non-hydrogen) atoms. The number of fused-ring (bicyclic) bond motifs is 1. The summed E-state index contributed by atoms with van der Waals surface area (Å²) in [7, 11) is -3.51. The molecular weight excluding hydrogens is 235 g/mol. The molecule has 0 fully saturated rings. The summed E-state index contributed by atoms with van der Waals surface area (Å²) in [5.41, 5.74) is 0.972. The van der Waals surface area contributed by atoms with Crippen LogP contribution in [-0.4, -0.2) is 11.6 Å². The van der Waals surface area contributed by atoms with Gasteiger partial charge in [0.05, 0.1) is 0 Å². The molecule has 0 aliphatic heterocycles. The van der Waals surface area contributed by atoms with Gasteiger partial charge in [-0.15, -0.1) is 0 Å². The zero-order valence-corrected chi connectivity index (χ0v) is 10.8. The molecule has 0 heterocycles. The second-order valence-corrected chi connectivity index (χ2v) is 5.80. The lowest BCUT2D eigenvalue weighted by atomic mass is 10.0. The van der Waals surface area contributed by atoms with Crippen molar-refractivity contribution in [3.05, 3.63) is 42.0 Å². The SMILES string of the molecule is CCc1c(OP(C)(=O)O)ccc2ccccc12. The van der Waals surface area contributed by atoms with Gasteiger partial charge in [0.25, 0.3) is 0 Å². The van der Waals surface area contributed by atoms with Crippen LogP contribution < -0.4 is 4.52 Å². The molecular formula is C13H15O3P. The molecule has 2 aromatic carbocycles. The van der Waals surface area contributed by atoms with Gasteiger partial charge in [0.15, 0.2) is 0 Å². The maximum Gasteiger partial charge on any atom is 0.373 e. The summed E-state index contributed by atoms with van der Waals surface area (Å²) in [5, 5.41) is 2.18. The van der Waals surface area contributed by atoms with E-state index in [2.05, 4.69) is 0 Å². The van der Waals surface area contributed by atoms with Gasteiger partial charge >= 0.3 is 7.60 Å². The van der Waals surface area contributed by atoms with Gasteiger partial charge in [-0.05, 0) is 23.3 Å². The Morgan fingerprint density at radius 1 is 1.24 bits per heavy atom. The molecule has 90 valence electrons. The van der Waals surface area contributed by atoms with E-state index in [1.54, 1.807) is 6.07 Å². The van der Waals surface area contributed by atoms with E-state index in [-0.39, 0.29) is 0 Å². The molecule has 1 atom stereocenters. The average Bonchev–Trinajstić information content (AvgIpc) is 2.27. The maximum atomic E-state index is 11.3. The molecule has 0 aliphatic carbocycles. The highest BCUT2D eigenvalue weighted by Gasteiger charge is 2.15. The standard InChI is InChI=1S/C13H15O3P/c1-3-11-12-7-5-4-6-10(12)8-9-13(11)16-17(2,14)15/h4-9H,3H2,1-2H3,(H,14,15). The maximum absolute atomic E-state index is 11.3. The van der Waals surface area contributed by atoms with Gasteiger partial charge in [0.2, 0.25) is 0 Å². The van der Waals surface area contributed by atoms with E-state index in [4.69, 9.17) is 4.52 Å². The summed E-state index contributed by atoms with van der Waals surface area (Å²) < 4.78 is 16.5. The van der Waals surface area contributed by atoms with E-state index >= 15 is 0 Å². The fourth-order valence-corrected chi connectivity index (χ4v) is 2.48. The van der Waals surface area contributed by atoms with Crippen molar-refractivity contribution in [2.24, 2.45) is 0 Å². The number of rotatable bonds is 3. The second kappa shape index (κ2) is 4.52. The number of hydrogen-bond donors (Lipinski definition) is 1. The molecule has 0 amide bonds. The summed E-state index contributed by atoms with van der Waals surface area (Å²) in [6.07, 6.45) is 0.761. The van der Waals surface area contributed by atoms with E-state index in [0.717, 1.165) is 22.8 Å². The third-order valence-electron chi connectivity index (χ3n) is 2.62. The molecule has 0 radical (unpaired) electrons. The Balaban J connectivity index is 2.61. The lowest BCUT2D eigenvalue weighted by molar-refractivity contribution is 0.386. The Bertz CT molecular complexity index is 586. The molecule has 0 aliphatic rings. The highest BCUT2D eigenvalue weighted by molar-refractivity contribution is 7.52. The zero-order chi connectivity index (χ0) is 12.5. The molecule has 0 spiro atoms. The Morgan fingerprint density at radius 2 is 1.94 bits per heavy atom. The Kier molecular flexibility index (Phi) is 3.23. The quantitative estimate of drug-likeness (QED) is 0.846. The molecule has 0 saturated heterocycles. The van der Waals surface area contributed by atoms with Crippen LogP contribution in [0.1, 0.15) is 12.5 Å². The van der Waals surface area contributed by atoms with Gasteiger partial charge in [-0.25, -0.2) is 4.57 Å². The average molecular weight is 250 g/mol. The van der Waals surface area contributed by atoms with Gasteiger partial charge < -0.3 is 9.42 Å². The number of hydrogen-bond acceptors (Lipinski definition) is 2. The van der Waals surface area contributed by atoms with Crippen molar-refractivity contribution in [1.82, 2.24) is 0 Å². The van der Waals surface area contributed by atoms with Crippen LogP contribution >= 0.6 is 7.60 Å². The molecule has 1 unspecified atom stereocenters. The van der Waals surface area contributed by atoms with Gasteiger partial charge in [-0.3, -0.25) is 0 Å². The lowest BCUT2D eigenvalue weighted by Gasteiger charge is -2.14. The Morgan fingerprint density at radius 3 is 2.59 bits per heavy atom. The smallest absolute Gasteiger partial charge is 0.373 e. The van der Waals surface area contributed by atoms with Gasteiger partial charge in [0, 0.05) is 12.2 Å². The molecule has 2 aromatic rings. The summed E-state index contributed by atoms with van der Waals surface area (Å²) in [6, 6.07) is 11.6. The molecule has 0 bridgehead atoms. The largest absolute Gasteiger partial charge is 0.424 e. The van der Waals surface area contributed by atoms with E-state index in [1.807, 2.05) is 37.3 Å². The first kappa shape index (κ1) is 12.2. The predicted octanol–water partition coefficient (Wildman–Crippen LogP) is 3.60. The topological polar surface area (TPSA) is 46.5 Å². The van der Waals surface area contributed by atoms with Crippen molar-refractivity contribution < 1.29 is 14.0 Å². The van der Waals surface area contributed by atoms with E-state index in [1.165, 1.54) is 6.66 Å². The van der Waals surface area contributed by atoms with Crippen LogP contribution in [0.5, 0.6) is 5.75 Å². The summed E-state index contributed by atoms with van der Waals surface area (Å²) >= 11 is 0. The van der Waals surface area contributed by atoms with Crippen molar-refractivity contribution in [2.45, 2.75) is 13.3 Å². The molecule has 3 nitrogen and oxygen atoms in total. The molecule has 0 aromatic heterocycles. The van der Waals surface area contributed by atoms with Crippen molar-refractivity contribution >= 4 is 18.4 Å². The summed E-state index contributed by atoms with van der Waals surface area (Å²) in [4.78, 5) is 9.30. The minimum atomic E-state index is -3.51. The van der Waals surface area contributed by atoms with E-state index in [0.29, 0.717) is 5.75 Å². The highest BCUT2D eigenvalue weighted by atomic mass is 31.2. The first-order valence-corrected chi connectivity index (χ1v) is 7.54.